The Morgan fingerprint density at radius 3 is 2.62 bits per heavy atom. The lowest BCUT2D eigenvalue weighted by Crippen LogP contribution is -2.46. The van der Waals surface area contributed by atoms with E-state index in [1.807, 2.05) is 0 Å². The fourth-order valence-corrected chi connectivity index (χ4v) is 6.10. The highest BCUT2D eigenvalue weighted by atomic mass is 19.1. The number of carbonyl (C=O) groups is 2. The lowest BCUT2D eigenvalue weighted by molar-refractivity contribution is -0.133. The van der Waals surface area contributed by atoms with Gasteiger partial charge >= 0.3 is 6.09 Å². The number of ether oxygens (including phenoxy) is 1. The van der Waals surface area contributed by atoms with Crippen LogP contribution in [0.1, 0.15) is 18.5 Å². The van der Waals surface area contributed by atoms with E-state index in [1.165, 1.54) is 11.0 Å². The van der Waals surface area contributed by atoms with Crippen LogP contribution in [0.3, 0.4) is 0 Å². The van der Waals surface area contributed by atoms with Crippen LogP contribution < -0.4 is 10.6 Å². The standard InChI is InChI=1S/C27H25FN8O3/c1-30-27(20-14-34(15-21(20)27)24(37)26(29)6-7-26)23-5-2-16(11-31-23)19-4-3-17(10-22(19)28)36-13-18(39-25(36)38)12-35-9-8-32-33-35/h2-5,8-11,18,20-21H,6-7,12-15,29H2/t18-,20-,21+,27?/m0/s1. The lowest BCUT2D eigenvalue weighted by atomic mass is 10.0. The Kier molecular flexibility index (Phi) is 5.06. The van der Waals surface area contributed by atoms with Crippen LogP contribution in [0.5, 0.6) is 0 Å². The molecule has 2 aliphatic heterocycles. The fourth-order valence-electron chi connectivity index (χ4n) is 6.10. The Balaban J connectivity index is 1.05. The maximum Gasteiger partial charge on any atom is 0.414 e. The van der Waals surface area contributed by atoms with Crippen LogP contribution in [0.4, 0.5) is 14.9 Å². The number of amides is 2. The van der Waals surface area contributed by atoms with Crippen LogP contribution in [0.2, 0.25) is 0 Å². The average molecular weight is 529 g/mol. The van der Waals surface area contributed by atoms with E-state index in [-0.39, 0.29) is 24.3 Å². The molecule has 0 bridgehead atoms. The third-order valence-corrected chi connectivity index (χ3v) is 8.51. The quantitative estimate of drug-likeness (QED) is 0.487. The smallest absolute Gasteiger partial charge is 0.414 e. The van der Waals surface area contributed by atoms with Crippen LogP contribution >= 0.6 is 0 Å². The lowest BCUT2D eigenvalue weighted by Gasteiger charge is -2.24. The molecule has 1 aromatic carbocycles. The van der Waals surface area contributed by atoms with E-state index >= 15 is 4.39 Å². The number of likely N-dealkylation sites (tertiary alicyclic amines) is 1. The second-order valence-electron chi connectivity index (χ2n) is 10.9. The summed E-state index contributed by atoms with van der Waals surface area (Å²) in [6.07, 6.45) is 5.28. The van der Waals surface area contributed by atoms with Gasteiger partial charge in [0.1, 0.15) is 17.6 Å². The number of rotatable bonds is 6. The van der Waals surface area contributed by atoms with Gasteiger partial charge in [0.2, 0.25) is 5.91 Å². The zero-order chi connectivity index (χ0) is 26.9. The third-order valence-electron chi connectivity index (χ3n) is 8.51. The molecule has 4 aliphatic rings. The highest BCUT2D eigenvalue weighted by Gasteiger charge is 2.78. The van der Waals surface area contributed by atoms with Gasteiger partial charge in [-0.1, -0.05) is 11.3 Å². The maximum absolute atomic E-state index is 15.2. The number of cyclic esters (lactones) is 1. The molecule has 0 spiro atoms. The Hall–Kier alpha value is -4.37. The zero-order valence-electron chi connectivity index (χ0n) is 20.9. The SMILES string of the molecule is [C-]#[N+]C1(c2ccc(-c3ccc(N4C[C@H](Cn5ccnn5)OC4=O)cc3F)cn2)[C@@H]2CN(C(=O)C3(N)CC3)C[C@@H]21. The van der Waals surface area contributed by atoms with E-state index in [9.17, 15) is 9.59 Å². The number of nitrogens with zero attached hydrogens (tertiary/aromatic N) is 7. The highest BCUT2D eigenvalue weighted by Crippen LogP contribution is 2.64. The van der Waals surface area contributed by atoms with Gasteiger partial charge in [0.15, 0.2) is 0 Å². The molecule has 2 N–H and O–H groups in total. The number of nitrogens with two attached hydrogens (primary N) is 1. The van der Waals surface area contributed by atoms with E-state index < -0.39 is 29.1 Å². The van der Waals surface area contributed by atoms with Crippen molar-refractivity contribution < 1.29 is 18.7 Å². The molecule has 2 saturated heterocycles. The van der Waals surface area contributed by atoms with Crippen molar-refractivity contribution in [2.75, 3.05) is 24.5 Å². The van der Waals surface area contributed by atoms with E-state index in [1.54, 1.807) is 52.4 Å². The largest absolute Gasteiger partial charge is 0.442 e. The first-order chi connectivity index (χ1) is 18.8. The number of piperidine rings is 1. The summed E-state index contributed by atoms with van der Waals surface area (Å²) in [5.74, 6) is -0.444. The van der Waals surface area contributed by atoms with Gasteiger partial charge in [-0.2, -0.15) is 0 Å². The predicted octanol–water partition coefficient (Wildman–Crippen LogP) is 2.20. The van der Waals surface area contributed by atoms with E-state index in [2.05, 4.69) is 20.1 Å². The van der Waals surface area contributed by atoms with Crippen molar-refractivity contribution in [3.8, 4) is 11.1 Å². The summed E-state index contributed by atoms with van der Waals surface area (Å²) in [7, 11) is 0. The molecule has 12 heteroatoms. The molecular weight excluding hydrogens is 503 g/mol. The summed E-state index contributed by atoms with van der Waals surface area (Å²) in [6.45, 7) is 9.56. The van der Waals surface area contributed by atoms with Crippen molar-refractivity contribution in [3.05, 3.63) is 71.9 Å². The van der Waals surface area contributed by atoms with E-state index in [4.69, 9.17) is 17.0 Å². The molecule has 2 amide bonds. The Morgan fingerprint density at radius 2 is 2.00 bits per heavy atom. The molecule has 4 fully saturated rings. The molecule has 7 rings (SSSR count). The second kappa shape index (κ2) is 8.31. The van der Waals surface area contributed by atoms with Gasteiger partial charge in [-0.05, 0) is 37.1 Å². The fraction of sp³-hybridized carbons (Fsp3) is 0.407. The summed E-state index contributed by atoms with van der Waals surface area (Å²) in [5.41, 5.74) is 6.58. The number of carbonyl (C=O) groups excluding carboxylic acids is 2. The number of benzene rings is 1. The molecule has 1 unspecified atom stereocenters. The molecule has 2 aromatic heterocycles. The number of halogens is 1. The van der Waals surface area contributed by atoms with Gasteiger partial charge < -0.3 is 20.2 Å². The molecule has 2 aliphatic carbocycles. The maximum atomic E-state index is 15.2. The first-order valence-electron chi connectivity index (χ1n) is 12.9. The van der Waals surface area contributed by atoms with Crippen LogP contribution in [-0.2, 0) is 21.6 Å². The van der Waals surface area contributed by atoms with E-state index in [0.29, 0.717) is 42.1 Å². The summed E-state index contributed by atoms with van der Waals surface area (Å²) in [4.78, 5) is 36.7. The third kappa shape index (κ3) is 3.68. The van der Waals surface area contributed by atoms with Gasteiger partial charge in [0.25, 0.3) is 5.54 Å². The number of fused-ring (bicyclic) bond motifs is 1. The molecule has 2 saturated carbocycles. The van der Waals surface area contributed by atoms with Gasteiger partial charge in [0.05, 0.1) is 42.3 Å². The molecule has 39 heavy (non-hydrogen) atoms. The minimum atomic E-state index is -0.748. The number of anilines is 1. The van der Waals surface area contributed by atoms with Crippen molar-refractivity contribution in [1.82, 2.24) is 24.9 Å². The predicted molar refractivity (Wildman–Crippen MR) is 135 cm³/mol. The van der Waals surface area contributed by atoms with Crippen molar-refractivity contribution in [3.63, 3.8) is 0 Å². The number of hydrogen-bond donors (Lipinski definition) is 1. The van der Waals surface area contributed by atoms with Crippen LogP contribution in [0.15, 0.2) is 48.9 Å². The Bertz CT molecular complexity index is 1500. The van der Waals surface area contributed by atoms with Gasteiger partial charge in [0, 0.05) is 36.6 Å². The van der Waals surface area contributed by atoms with Crippen molar-refractivity contribution in [2.24, 2.45) is 17.6 Å². The summed E-state index contributed by atoms with van der Waals surface area (Å²) in [6, 6.07) is 8.14. The topological polar surface area (TPSA) is 124 Å². The van der Waals surface area contributed by atoms with Crippen molar-refractivity contribution in [1.29, 1.82) is 0 Å². The number of pyridine rings is 1. The number of aromatic nitrogens is 4. The molecule has 11 nitrogen and oxygen atoms in total. The second-order valence-corrected chi connectivity index (χ2v) is 10.9. The van der Waals surface area contributed by atoms with Gasteiger partial charge in [-0.15, -0.1) is 5.10 Å². The van der Waals surface area contributed by atoms with Crippen molar-refractivity contribution in [2.45, 2.75) is 36.6 Å². The molecule has 4 atom stereocenters. The molecule has 0 radical (unpaired) electrons. The van der Waals surface area contributed by atoms with Crippen LogP contribution in [0, 0.1) is 24.2 Å². The molecular formula is C27H25FN8O3. The zero-order valence-corrected chi connectivity index (χ0v) is 20.9. The summed E-state index contributed by atoms with van der Waals surface area (Å²) in [5, 5.41) is 7.63. The first-order valence-corrected chi connectivity index (χ1v) is 12.9. The van der Waals surface area contributed by atoms with Crippen LogP contribution in [-0.4, -0.2) is 68.2 Å². The van der Waals surface area contributed by atoms with E-state index in [0.717, 1.165) is 12.8 Å². The molecule has 198 valence electrons. The van der Waals surface area contributed by atoms with Crippen molar-refractivity contribution >= 4 is 17.7 Å². The van der Waals surface area contributed by atoms with Crippen LogP contribution in [0.25, 0.3) is 16.0 Å². The number of hydrogen-bond acceptors (Lipinski definition) is 7. The minimum Gasteiger partial charge on any atom is -0.442 e. The minimum absolute atomic E-state index is 0.0104. The first kappa shape index (κ1) is 23.7. The monoisotopic (exact) mass is 528 g/mol. The Labute approximate surface area is 223 Å². The molecule has 4 heterocycles. The summed E-state index contributed by atoms with van der Waals surface area (Å²) < 4.78 is 22.2. The van der Waals surface area contributed by atoms with Gasteiger partial charge in [-0.3, -0.25) is 14.7 Å². The average Bonchev–Trinajstić information content (AvgIpc) is 3.49. The molecule has 3 aromatic rings. The normalized spacial score (nSPS) is 28.1. The van der Waals surface area contributed by atoms with Gasteiger partial charge in [-0.25, -0.2) is 20.4 Å². The Morgan fingerprint density at radius 1 is 1.21 bits per heavy atom. The highest BCUT2D eigenvalue weighted by molar-refractivity contribution is 5.90. The summed E-state index contributed by atoms with van der Waals surface area (Å²) >= 11 is 0.